The molecule has 7 heteroatoms. The highest BCUT2D eigenvalue weighted by Crippen LogP contribution is 2.33. The van der Waals surface area contributed by atoms with Crippen LogP contribution in [0.2, 0.25) is 0 Å². The van der Waals surface area contributed by atoms with Crippen molar-refractivity contribution in [2.24, 2.45) is 5.84 Å². The highest BCUT2D eigenvalue weighted by Gasteiger charge is 2.13. The summed E-state index contributed by atoms with van der Waals surface area (Å²) in [5.74, 6) is 6.84. The third-order valence-electron chi connectivity index (χ3n) is 2.74. The summed E-state index contributed by atoms with van der Waals surface area (Å²) < 4.78 is 5.79. The maximum atomic E-state index is 5.79. The summed E-state index contributed by atoms with van der Waals surface area (Å²) in [5, 5.41) is 0.884. The van der Waals surface area contributed by atoms with Crippen LogP contribution >= 0.6 is 11.3 Å². The Balaban J connectivity index is 2.09. The zero-order valence-corrected chi connectivity index (χ0v) is 11.6. The molecule has 0 saturated carbocycles. The van der Waals surface area contributed by atoms with E-state index in [1.165, 1.54) is 4.88 Å². The summed E-state index contributed by atoms with van der Waals surface area (Å²) in [4.78, 5) is 14.7. The first-order chi connectivity index (χ1) is 9.80. The van der Waals surface area contributed by atoms with Gasteiger partial charge >= 0.3 is 0 Å². The van der Waals surface area contributed by atoms with Crippen LogP contribution in [-0.4, -0.2) is 15.0 Å². The zero-order chi connectivity index (χ0) is 13.9. The lowest BCUT2D eigenvalue weighted by atomic mass is 10.3. The smallest absolute Gasteiger partial charge is 0.241 e. The molecule has 0 aliphatic heterocycles. The number of fused-ring (bicyclic) bond motifs is 1. The average molecular weight is 287 g/mol. The number of hydrogen-bond acceptors (Lipinski definition) is 7. The lowest BCUT2D eigenvalue weighted by Crippen LogP contribution is -2.10. The summed E-state index contributed by atoms with van der Waals surface area (Å²) >= 11 is 1.61. The van der Waals surface area contributed by atoms with Crippen molar-refractivity contribution in [3.63, 3.8) is 0 Å². The molecule has 0 saturated heterocycles. The zero-order valence-electron chi connectivity index (χ0n) is 10.8. The van der Waals surface area contributed by atoms with Crippen LogP contribution in [0.5, 0.6) is 11.6 Å². The standard InChI is InChI=1S/C13H13N5OS/c1-2-9-6-10-11(19-8-4-3-5-15-7-8)16-13(18-14)17-12(10)20-9/h3-7H,2,14H2,1H3,(H,16,17,18). The predicted molar refractivity (Wildman–Crippen MR) is 78.9 cm³/mol. The van der Waals surface area contributed by atoms with Crippen molar-refractivity contribution >= 4 is 27.5 Å². The number of nitrogens with two attached hydrogens (primary N) is 1. The van der Waals surface area contributed by atoms with Crippen LogP contribution in [0.25, 0.3) is 10.2 Å². The van der Waals surface area contributed by atoms with Gasteiger partial charge in [0.25, 0.3) is 0 Å². The molecule has 0 aliphatic carbocycles. The molecule has 6 nitrogen and oxygen atoms in total. The van der Waals surface area contributed by atoms with E-state index in [2.05, 4.69) is 27.3 Å². The van der Waals surface area contributed by atoms with E-state index in [1.54, 1.807) is 29.8 Å². The highest BCUT2D eigenvalue weighted by atomic mass is 32.1. The Morgan fingerprint density at radius 3 is 3.00 bits per heavy atom. The van der Waals surface area contributed by atoms with Crippen LogP contribution < -0.4 is 16.0 Å². The largest absolute Gasteiger partial charge is 0.437 e. The molecule has 0 unspecified atom stereocenters. The molecule has 3 aromatic heterocycles. The normalized spacial score (nSPS) is 10.7. The third-order valence-corrected chi connectivity index (χ3v) is 3.91. The molecule has 3 N–H and O–H groups in total. The van der Waals surface area contributed by atoms with Crippen LogP contribution in [-0.2, 0) is 6.42 Å². The lowest BCUT2D eigenvalue weighted by Gasteiger charge is -2.06. The van der Waals surface area contributed by atoms with Crippen molar-refractivity contribution in [1.29, 1.82) is 0 Å². The fourth-order valence-electron chi connectivity index (χ4n) is 1.78. The van der Waals surface area contributed by atoms with E-state index in [-0.39, 0.29) is 0 Å². The number of hydrazine groups is 1. The minimum absolute atomic E-state index is 0.334. The van der Waals surface area contributed by atoms with E-state index in [0.717, 1.165) is 16.6 Å². The van der Waals surface area contributed by atoms with Crippen molar-refractivity contribution in [3.05, 3.63) is 35.5 Å². The van der Waals surface area contributed by atoms with Gasteiger partial charge in [0.05, 0.1) is 11.6 Å². The van der Waals surface area contributed by atoms with Crippen LogP contribution in [0, 0.1) is 0 Å². The molecule has 3 rings (SSSR count). The van der Waals surface area contributed by atoms with Crippen LogP contribution in [0.4, 0.5) is 5.95 Å². The number of nitrogens with one attached hydrogen (secondary N) is 1. The van der Waals surface area contributed by atoms with E-state index in [9.17, 15) is 0 Å². The fourth-order valence-corrected chi connectivity index (χ4v) is 2.74. The number of aromatic nitrogens is 3. The number of rotatable bonds is 4. The molecule has 3 aromatic rings. The van der Waals surface area contributed by atoms with Gasteiger partial charge in [0.1, 0.15) is 10.6 Å². The number of thiophene rings is 1. The molecule has 0 radical (unpaired) electrons. The Labute approximate surface area is 119 Å². The summed E-state index contributed by atoms with van der Waals surface area (Å²) in [7, 11) is 0. The van der Waals surface area contributed by atoms with Crippen LogP contribution in [0.3, 0.4) is 0 Å². The second-order valence-electron chi connectivity index (χ2n) is 4.07. The minimum Gasteiger partial charge on any atom is -0.437 e. The number of nitrogens with zero attached hydrogens (tertiary/aromatic N) is 3. The van der Waals surface area contributed by atoms with Gasteiger partial charge in [-0.05, 0) is 24.6 Å². The van der Waals surface area contributed by atoms with Gasteiger partial charge in [-0.15, -0.1) is 11.3 Å². The molecule has 0 amide bonds. The van der Waals surface area contributed by atoms with Gasteiger partial charge < -0.3 is 4.74 Å². The maximum absolute atomic E-state index is 5.79. The van der Waals surface area contributed by atoms with Gasteiger partial charge in [-0.25, -0.2) is 10.8 Å². The topological polar surface area (TPSA) is 86.0 Å². The van der Waals surface area contributed by atoms with Crippen molar-refractivity contribution in [2.45, 2.75) is 13.3 Å². The Kier molecular flexibility index (Phi) is 3.44. The molecule has 0 bridgehead atoms. The Morgan fingerprint density at radius 1 is 1.40 bits per heavy atom. The van der Waals surface area contributed by atoms with E-state index in [0.29, 0.717) is 17.6 Å². The van der Waals surface area contributed by atoms with Crippen molar-refractivity contribution < 1.29 is 4.74 Å². The molecular formula is C13H13N5OS. The number of pyridine rings is 1. The van der Waals surface area contributed by atoms with E-state index < -0.39 is 0 Å². The minimum atomic E-state index is 0.334. The van der Waals surface area contributed by atoms with E-state index >= 15 is 0 Å². The van der Waals surface area contributed by atoms with Crippen molar-refractivity contribution in [2.75, 3.05) is 5.43 Å². The number of anilines is 1. The van der Waals surface area contributed by atoms with Gasteiger partial charge in [-0.3, -0.25) is 10.4 Å². The average Bonchev–Trinajstić information content (AvgIpc) is 2.91. The molecule has 0 spiro atoms. The van der Waals surface area contributed by atoms with Crippen molar-refractivity contribution in [1.82, 2.24) is 15.0 Å². The summed E-state index contributed by atoms with van der Waals surface area (Å²) in [6.45, 7) is 2.10. The molecule has 20 heavy (non-hydrogen) atoms. The van der Waals surface area contributed by atoms with Crippen molar-refractivity contribution in [3.8, 4) is 11.6 Å². The maximum Gasteiger partial charge on any atom is 0.241 e. The van der Waals surface area contributed by atoms with Crippen LogP contribution in [0.1, 0.15) is 11.8 Å². The Bertz CT molecular complexity index is 728. The second kappa shape index (κ2) is 5.40. The lowest BCUT2D eigenvalue weighted by molar-refractivity contribution is 0.467. The number of aryl methyl sites for hydroxylation is 1. The first-order valence-electron chi connectivity index (χ1n) is 6.15. The van der Waals surface area contributed by atoms with E-state index in [1.807, 2.05) is 12.1 Å². The molecule has 0 fully saturated rings. The highest BCUT2D eigenvalue weighted by molar-refractivity contribution is 7.18. The van der Waals surface area contributed by atoms with Gasteiger partial charge in [0.15, 0.2) is 0 Å². The Hall–Kier alpha value is -2.25. The molecule has 0 atom stereocenters. The monoisotopic (exact) mass is 287 g/mol. The molecule has 102 valence electrons. The molecule has 0 aromatic carbocycles. The summed E-state index contributed by atoms with van der Waals surface area (Å²) in [6.07, 6.45) is 4.27. The van der Waals surface area contributed by atoms with E-state index in [4.69, 9.17) is 10.6 Å². The molecular weight excluding hydrogens is 274 g/mol. The third kappa shape index (κ3) is 2.40. The predicted octanol–water partition coefficient (Wildman–Crippen LogP) is 2.73. The summed E-state index contributed by atoms with van der Waals surface area (Å²) in [6, 6.07) is 5.68. The quantitative estimate of drug-likeness (QED) is 0.567. The van der Waals surface area contributed by atoms with Gasteiger partial charge in [0.2, 0.25) is 11.8 Å². The van der Waals surface area contributed by atoms with Gasteiger partial charge in [0, 0.05) is 11.1 Å². The Morgan fingerprint density at radius 2 is 2.30 bits per heavy atom. The first-order valence-corrected chi connectivity index (χ1v) is 6.96. The van der Waals surface area contributed by atoms with Crippen LogP contribution in [0.15, 0.2) is 30.6 Å². The SMILES string of the molecule is CCc1cc2c(Oc3cccnc3)nc(NN)nc2s1. The first kappa shape index (κ1) is 12.8. The number of nitrogen functional groups attached to an aromatic ring is 1. The fraction of sp³-hybridized carbons (Fsp3) is 0.154. The number of hydrogen-bond donors (Lipinski definition) is 2. The summed E-state index contributed by atoms with van der Waals surface area (Å²) in [5.41, 5.74) is 2.46. The van der Waals surface area contributed by atoms with Gasteiger partial charge in [-0.2, -0.15) is 4.98 Å². The molecule has 0 aliphatic rings. The second-order valence-corrected chi connectivity index (χ2v) is 5.19. The molecule has 3 heterocycles. The number of ether oxygens (including phenoxy) is 1. The van der Waals surface area contributed by atoms with Gasteiger partial charge in [-0.1, -0.05) is 6.92 Å².